The predicted octanol–water partition coefficient (Wildman–Crippen LogP) is 3.65. The van der Waals surface area contributed by atoms with Crippen molar-refractivity contribution in [3.05, 3.63) is 53.6 Å². The van der Waals surface area contributed by atoms with Crippen LogP contribution in [0.4, 0.5) is 0 Å². The van der Waals surface area contributed by atoms with E-state index < -0.39 is 0 Å². The number of amides is 1. The maximum Gasteiger partial charge on any atom is 0.271 e. The van der Waals surface area contributed by atoms with Crippen molar-refractivity contribution >= 4 is 12.1 Å². The Kier molecular flexibility index (Phi) is 7.49. The van der Waals surface area contributed by atoms with E-state index in [4.69, 9.17) is 14.2 Å². The van der Waals surface area contributed by atoms with E-state index in [1.165, 1.54) is 0 Å². The number of rotatable bonds is 9. The van der Waals surface area contributed by atoms with Gasteiger partial charge in [0.25, 0.3) is 5.91 Å². The number of carbonyl (C=O) groups is 1. The highest BCUT2D eigenvalue weighted by molar-refractivity contribution is 5.95. The molecule has 2 aromatic rings. The second-order valence-corrected chi connectivity index (χ2v) is 5.23. The molecule has 0 heterocycles. The molecule has 0 atom stereocenters. The molecular weight excluding hydrogens is 332 g/mol. The molecule has 6 heteroatoms. The fourth-order valence-electron chi connectivity index (χ4n) is 2.25. The third-order valence-corrected chi connectivity index (χ3v) is 3.37. The van der Waals surface area contributed by atoms with Crippen LogP contribution in [0.5, 0.6) is 17.2 Å². The molecule has 0 fully saturated rings. The van der Waals surface area contributed by atoms with E-state index >= 15 is 0 Å². The standard InChI is InChI=1S/C20H24N2O4/c1-4-24-17-10-8-16(9-11-17)20(23)22-21-14-15-7-12-18(25-5-2)19(13-15)26-6-3/h7-14H,4-6H2,1-3H3,(H,22,23)/b21-14+. The first kappa shape index (κ1) is 19.3. The molecule has 0 unspecified atom stereocenters. The number of hydrazone groups is 1. The van der Waals surface area contributed by atoms with E-state index in [2.05, 4.69) is 10.5 Å². The number of nitrogens with one attached hydrogen (secondary N) is 1. The molecule has 138 valence electrons. The minimum Gasteiger partial charge on any atom is -0.494 e. The zero-order valence-corrected chi connectivity index (χ0v) is 15.3. The van der Waals surface area contributed by atoms with Crippen molar-refractivity contribution in [2.24, 2.45) is 5.10 Å². The first-order valence-corrected chi connectivity index (χ1v) is 8.63. The predicted molar refractivity (Wildman–Crippen MR) is 101 cm³/mol. The molecule has 0 bridgehead atoms. The molecule has 26 heavy (non-hydrogen) atoms. The number of nitrogens with zero attached hydrogens (tertiary/aromatic N) is 1. The van der Waals surface area contributed by atoms with Gasteiger partial charge in [0, 0.05) is 5.56 Å². The number of hydrogen-bond donors (Lipinski definition) is 1. The molecule has 0 aromatic heterocycles. The summed E-state index contributed by atoms with van der Waals surface area (Å²) in [5.74, 6) is 1.77. The van der Waals surface area contributed by atoms with Gasteiger partial charge < -0.3 is 14.2 Å². The third kappa shape index (κ3) is 5.51. The first-order chi connectivity index (χ1) is 12.7. The summed E-state index contributed by atoms with van der Waals surface area (Å²) in [6, 6.07) is 12.4. The Labute approximate surface area is 153 Å². The van der Waals surface area contributed by atoms with Crippen LogP contribution in [0.25, 0.3) is 0 Å². The van der Waals surface area contributed by atoms with Crippen molar-refractivity contribution in [2.75, 3.05) is 19.8 Å². The van der Waals surface area contributed by atoms with Crippen LogP contribution in [-0.4, -0.2) is 31.9 Å². The molecule has 2 rings (SSSR count). The Bertz CT molecular complexity index is 742. The van der Waals surface area contributed by atoms with Crippen LogP contribution in [0.2, 0.25) is 0 Å². The molecule has 0 aliphatic rings. The Morgan fingerprint density at radius 3 is 2.23 bits per heavy atom. The van der Waals surface area contributed by atoms with Crippen molar-refractivity contribution in [2.45, 2.75) is 20.8 Å². The van der Waals surface area contributed by atoms with Gasteiger partial charge in [-0.25, -0.2) is 5.43 Å². The van der Waals surface area contributed by atoms with Gasteiger partial charge in [0.15, 0.2) is 11.5 Å². The van der Waals surface area contributed by atoms with Gasteiger partial charge >= 0.3 is 0 Å². The Morgan fingerprint density at radius 2 is 1.58 bits per heavy atom. The summed E-state index contributed by atoms with van der Waals surface area (Å²) < 4.78 is 16.4. The van der Waals surface area contributed by atoms with Gasteiger partial charge in [-0.15, -0.1) is 0 Å². The molecular formula is C20H24N2O4. The molecule has 0 saturated heterocycles. The maximum atomic E-state index is 12.1. The highest BCUT2D eigenvalue weighted by Gasteiger charge is 2.06. The van der Waals surface area contributed by atoms with Crippen molar-refractivity contribution < 1.29 is 19.0 Å². The lowest BCUT2D eigenvalue weighted by Gasteiger charge is -2.11. The van der Waals surface area contributed by atoms with Crippen LogP contribution in [-0.2, 0) is 0 Å². The summed E-state index contributed by atoms with van der Waals surface area (Å²) in [6.07, 6.45) is 1.56. The summed E-state index contributed by atoms with van der Waals surface area (Å²) in [7, 11) is 0. The van der Waals surface area contributed by atoms with Gasteiger partial charge in [-0.1, -0.05) is 0 Å². The summed E-state index contributed by atoms with van der Waals surface area (Å²) in [4.78, 5) is 12.1. The lowest BCUT2D eigenvalue weighted by molar-refractivity contribution is 0.0955. The molecule has 6 nitrogen and oxygen atoms in total. The van der Waals surface area contributed by atoms with Crippen LogP contribution >= 0.6 is 0 Å². The van der Waals surface area contributed by atoms with E-state index in [0.717, 1.165) is 11.3 Å². The lowest BCUT2D eigenvalue weighted by atomic mass is 10.2. The molecule has 2 aromatic carbocycles. The third-order valence-electron chi connectivity index (χ3n) is 3.37. The molecule has 0 spiro atoms. The summed E-state index contributed by atoms with van der Waals surface area (Å²) in [6.45, 7) is 7.42. The summed E-state index contributed by atoms with van der Waals surface area (Å²) in [5, 5.41) is 4.00. The van der Waals surface area contributed by atoms with Crippen LogP contribution in [0, 0.1) is 0 Å². The minimum absolute atomic E-state index is 0.291. The fourth-order valence-corrected chi connectivity index (χ4v) is 2.25. The SMILES string of the molecule is CCOc1ccc(C(=O)N/N=C/c2ccc(OCC)c(OCC)c2)cc1. The molecule has 0 aliphatic carbocycles. The summed E-state index contributed by atoms with van der Waals surface area (Å²) in [5.41, 5.74) is 3.81. The highest BCUT2D eigenvalue weighted by Crippen LogP contribution is 2.27. The number of hydrogen-bond acceptors (Lipinski definition) is 5. The van der Waals surface area contributed by atoms with Gasteiger partial charge in [0.1, 0.15) is 5.75 Å². The molecule has 1 N–H and O–H groups in total. The van der Waals surface area contributed by atoms with Crippen LogP contribution < -0.4 is 19.6 Å². The van der Waals surface area contributed by atoms with Gasteiger partial charge in [-0.3, -0.25) is 4.79 Å². The first-order valence-electron chi connectivity index (χ1n) is 8.63. The zero-order valence-electron chi connectivity index (χ0n) is 15.3. The van der Waals surface area contributed by atoms with Crippen molar-refractivity contribution in [1.82, 2.24) is 5.43 Å². The van der Waals surface area contributed by atoms with E-state index in [9.17, 15) is 4.79 Å². The highest BCUT2D eigenvalue weighted by atomic mass is 16.5. The van der Waals surface area contributed by atoms with E-state index in [1.807, 2.05) is 39.0 Å². The molecule has 1 amide bonds. The van der Waals surface area contributed by atoms with Gasteiger partial charge in [0.05, 0.1) is 26.0 Å². The van der Waals surface area contributed by atoms with Crippen molar-refractivity contribution in [3.63, 3.8) is 0 Å². The number of carbonyl (C=O) groups excluding carboxylic acids is 1. The lowest BCUT2D eigenvalue weighted by Crippen LogP contribution is -2.17. The average Bonchev–Trinajstić information content (AvgIpc) is 2.65. The smallest absolute Gasteiger partial charge is 0.271 e. The van der Waals surface area contributed by atoms with Crippen LogP contribution in [0.15, 0.2) is 47.6 Å². The van der Waals surface area contributed by atoms with Crippen LogP contribution in [0.3, 0.4) is 0 Å². The van der Waals surface area contributed by atoms with E-state index in [-0.39, 0.29) is 5.91 Å². The molecule has 0 aliphatic heterocycles. The fraction of sp³-hybridized carbons (Fsp3) is 0.300. The molecule has 0 saturated carbocycles. The van der Waals surface area contributed by atoms with Gasteiger partial charge in [-0.2, -0.15) is 5.10 Å². The average molecular weight is 356 g/mol. The minimum atomic E-state index is -0.291. The second kappa shape index (κ2) is 10.1. The zero-order chi connectivity index (χ0) is 18.8. The quantitative estimate of drug-likeness (QED) is 0.550. The Hall–Kier alpha value is -3.02. The number of ether oxygens (including phenoxy) is 3. The Balaban J connectivity index is 2.00. The topological polar surface area (TPSA) is 69.2 Å². The molecule has 0 radical (unpaired) electrons. The maximum absolute atomic E-state index is 12.1. The van der Waals surface area contributed by atoms with Crippen LogP contribution in [0.1, 0.15) is 36.7 Å². The van der Waals surface area contributed by atoms with E-state index in [1.54, 1.807) is 30.5 Å². The van der Waals surface area contributed by atoms with Gasteiger partial charge in [-0.05, 0) is 68.8 Å². The normalized spacial score (nSPS) is 10.6. The van der Waals surface area contributed by atoms with E-state index in [0.29, 0.717) is 36.9 Å². The largest absolute Gasteiger partial charge is 0.494 e. The Morgan fingerprint density at radius 1 is 0.923 bits per heavy atom. The van der Waals surface area contributed by atoms with Crippen molar-refractivity contribution in [1.29, 1.82) is 0 Å². The monoisotopic (exact) mass is 356 g/mol. The number of benzene rings is 2. The summed E-state index contributed by atoms with van der Waals surface area (Å²) >= 11 is 0. The second-order valence-electron chi connectivity index (χ2n) is 5.23. The van der Waals surface area contributed by atoms with Crippen molar-refractivity contribution in [3.8, 4) is 17.2 Å². The van der Waals surface area contributed by atoms with Gasteiger partial charge in [0.2, 0.25) is 0 Å².